The molecule has 1 aliphatic heterocycles. The molecular formula is C18H25F3N4O2. The van der Waals surface area contributed by atoms with Crippen molar-refractivity contribution in [2.75, 3.05) is 19.6 Å². The second-order valence-electron chi connectivity index (χ2n) is 7.44. The largest absolute Gasteiger partial charge is 0.405 e. The number of carbonyl (C=O) groups is 2. The molecule has 9 heteroatoms. The summed E-state index contributed by atoms with van der Waals surface area (Å²) in [7, 11) is 0. The van der Waals surface area contributed by atoms with Gasteiger partial charge in [0.05, 0.1) is 0 Å². The van der Waals surface area contributed by atoms with E-state index < -0.39 is 18.6 Å². The summed E-state index contributed by atoms with van der Waals surface area (Å²) in [6.45, 7) is -0.0566. The summed E-state index contributed by atoms with van der Waals surface area (Å²) in [4.78, 5) is 26.3. The van der Waals surface area contributed by atoms with Gasteiger partial charge in [0.2, 0.25) is 5.91 Å². The number of halogens is 3. The summed E-state index contributed by atoms with van der Waals surface area (Å²) >= 11 is 0. The summed E-state index contributed by atoms with van der Waals surface area (Å²) in [5.74, 6) is -0.312. The Morgan fingerprint density at radius 1 is 1.15 bits per heavy atom. The predicted molar refractivity (Wildman–Crippen MR) is 92.1 cm³/mol. The molecule has 150 valence electrons. The highest BCUT2D eigenvalue weighted by Crippen LogP contribution is 2.30. The summed E-state index contributed by atoms with van der Waals surface area (Å²) < 4.78 is 36.6. The van der Waals surface area contributed by atoms with Gasteiger partial charge in [0.1, 0.15) is 12.2 Å². The van der Waals surface area contributed by atoms with E-state index in [9.17, 15) is 22.8 Å². The first-order valence-electron chi connectivity index (χ1n) is 9.52. The molecule has 1 aromatic rings. The van der Waals surface area contributed by atoms with Gasteiger partial charge in [-0.2, -0.15) is 18.3 Å². The van der Waals surface area contributed by atoms with Crippen LogP contribution in [0.25, 0.3) is 0 Å². The first-order chi connectivity index (χ1) is 12.8. The minimum absolute atomic E-state index is 0.0463. The lowest BCUT2D eigenvalue weighted by Crippen LogP contribution is -2.41. The molecule has 1 aliphatic carbocycles. The number of aromatic nitrogens is 2. The molecule has 1 aromatic heterocycles. The van der Waals surface area contributed by atoms with Gasteiger partial charge in [-0.05, 0) is 31.7 Å². The van der Waals surface area contributed by atoms with Gasteiger partial charge < -0.3 is 10.2 Å². The van der Waals surface area contributed by atoms with E-state index in [1.54, 1.807) is 0 Å². The molecule has 6 nitrogen and oxygen atoms in total. The van der Waals surface area contributed by atoms with Crippen LogP contribution in [0.3, 0.4) is 0 Å². The second-order valence-corrected chi connectivity index (χ2v) is 7.44. The van der Waals surface area contributed by atoms with Crippen LogP contribution in [-0.2, 0) is 4.79 Å². The van der Waals surface area contributed by atoms with Gasteiger partial charge in [0, 0.05) is 30.6 Å². The molecule has 3 rings (SSSR count). The molecule has 1 saturated heterocycles. The lowest BCUT2D eigenvalue weighted by molar-refractivity contribution is -0.137. The van der Waals surface area contributed by atoms with Gasteiger partial charge in [-0.25, -0.2) is 0 Å². The maximum atomic E-state index is 12.6. The van der Waals surface area contributed by atoms with Crippen LogP contribution >= 0.6 is 0 Å². The van der Waals surface area contributed by atoms with E-state index in [1.807, 2.05) is 10.2 Å². The van der Waals surface area contributed by atoms with Crippen LogP contribution in [0.1, 0.15) is 67.0 Å². The van der Waals surface area contributed by atoms with Crippen LogP contribution < -0.4 is 5.32 Å². The summed E-state index contributed by atoms with van der Waals surface area (Å²) in [6, 6.07) is 1.51. The van der Waals surface area contributed by atoms with Crippen LogP contribution in [0.5, 0.6) is 0 Å². The van der Waals surface area contributed by atoms with Gasteiger partial charge in [-0.1, -0.05) is 19.3 Å². The molecule has 2 fully saturated rings. The van der Waals surface area contributed by atoms with Crippen LogP contribution in [0, 0.1) is 5.92 Å². The van der Waals surface area contributed by atoms with Gasteiger partial charge in [0.15, 0.2) is 0 Å². The molecule has 0 unspecified atom stereocenters. The van der Waals surface area contributed by atoms with E-state index in [0.717, 1.165) is 44.2 Å². The number of aromatic amines is 1. The number of rotatable bonds is 4. The maximum absolute atomic E-state index is 12.6. The average Bonchev–Trinajstić information content (AvgIpc) is 3.16. The second kappa shape index (κ2) is 8.31. The standard InChI is InChI=1S/C18H25F3N4O2/c19-18(20,21)11-22-16(26)15-10-14(23-24-15)12-6-8-25(9-7-12)17(27)13-4-2-1-3-5-13/h10,12-13H,1-9,11H2,(H,22,26)(H,23,24). The quantitative estimate of drug-likeness (QED) is 0.835. The number of carbonyl (C=O) groups excluding carboxylic acids is 2. The van der Waals surface area contributed by atoms with E-state index in [2.05, 4.69) is 10.2 Å². The number of piperidine rings is 1. The molecule has 2 aliphatic rings. The summed E-state index contributed by atoms with van der Waals surface area (Å²) in [5, 5.41) is 8.41. The lowest BCUT2D eigenvalue weighted by Gasteiger charge is -2.34. The Labute approximate surface area is 155 Å². The van der Waals surface area contributed by atoms with Gasteiger partial charge >= 0.3 is 6.18 Å². The zero-order valence-corrected chi connectivity index (χ0v) is 15.1. The summed E-state index contributed by atoms with van der Waals surface area (Å²) in [5.41, 5.74) is 0.687. The number of H-pyrrole nitrogens is 1. The van der Waals surface area contributed by atoms with Crippen LogP contribution in [0.4, 0.5) is 13.2 Å². The van der Waals surface area contributed by atoms with Crippen molar-refractivity contribution in [3.05, 3.63) is 17.5 Å². The Balaban J connectivity index is 1.50. The highest BCUT2D eigenvalue weighted by molar-refractivity contribution is 5.92. The number of hydrogen-bond donors (Lipinski definition) is 2. The molecule has 0 spiro atoms. The Morgan fingerprint density at radius 2 is 1.81 bits per heavy atom. The lowest BCUT2D eigenvalue weighted by atomic mass is 9.87. The Hall–Kier alpha value is -2.06. The van der Waals surface area contributed by atoms with Crippen molar-refractivity contribution in [1.29, 1.82) is 0 Å². The summed E-state index contributed by atoms with van der Waals surface area (Å²) in [6.07, 6.45) is 2.48. The predicted octanol–water partition coefficient (Wildman–Crippen LogP) is 2.99. The molecular weight excluding hydrogens is 361 g/mol. The fourth-order valence-corrected chi connectivity index (χ4v) is 3.95. The van der Waals surface area contributed by atoms with Gasteiger partial charge in [0.25, 0.3) is 5.91 Å². The molecule has 0 atom stereocenters. The number of alkyl halides is 3. The van der Waals surface area contributed by atoms with Crippen molar-refractivity contribution in [2.45, 2.75) is 57.0 Å². The minimum Gasteiger partial charge on any atom is -0.342 e. The van der Waals surface area contributed by atoms with E-state index >= 15 is 0 Å². The smallest absolute Gasteiger partial charge is 0.342 e. The van der Waals surface area contributed by atoms with Crippen molar-refractivity contribution in [2.24, 2.45) is 5.92 Å². The van der Waals surface area contributed by atoms with E-state index in [1.165, 1.54) is 12.5 Å². The van der Waals surface area contributed by atoms with Gasteiger partial charge in [-0.3, -0.25) is 14.7 Å². The first kappa shape index (κ1) is 19.7. The minimum atomic E-state index is -4.45. The van der Waals surface area contributed by atoms with Crippen LogP contribution in [0.2, 0.25) is 0 Å². The number of amides is 2. The molecule has 0 bridgehead atoms. The zero-order valence-electron chi connectivity index (χ0n) is 15.1. The molecule has 2 N–H and O–H groups in total. The van der Waals surface area contributed by atoms with Gasteiger partial charge in [-0.15, -0.1) is 0 Å². The van der Waals surface area contributed by atoms with E-state index in [-0.39, 0.29) is 23.4 Å². The number of likely N-dealkylation sites (tertiary alicyclic amines) is 1. The first-order valence-corrected chi connectivity index (χ1v) is 9.52. The normalized spacial score (nSPS) is 19.9. The zero-order chi connectivity index (χ0) is 19.4. The van der Waals surface area contributed by atoms with Crippen molar-refractivity contribution >= 4 is 11.8 Å². The highest BCUT2D eigenvalue weighted by atomic mass is 19.4. The third-order valence-corrected chi connectivity index (χ3v) is 5.48. The third kappa shape index (κ3) is 5.23. The Bertz CT molecular complexity index is 660. The third-order valence-electron chi connectivity index (χ3n) is 5.48. The SMILES string of the molecule is O=C(NCC(F)(F)F)c1cc(C2CCN(C(=O)C3CCCCC3)CC2)[nH]n1. The van der Waals surface area contributed by atoms with Crippen molar-refractivity contribution in [1.82, 2.24) is 20.4 Å². The molecule has 1 saturated carbocycles. The molecule has 27 heavy (non-hydrogen) atoms. The number of nitrogens with one attached hydrogen (secondary N) is 2. The monoisotopic (exact) mass is 386 g/mol. The van der Waals surface area contributed by atoms with Crippen molar-refractivity contribution in [3.8, 4) is 0 Å². The van der Waals surface area contributed by atoms with Crippen molar-refractivity contribution in [3.63, 3.8) is 0 Å². The highest BCUT2D eigenvalue weighted by Gasteiger charge is 2.31. The Kier molecular flexibility index (Phi) is 6.06. The van der Waals surface area contributed by atoms with E-state index in [0.29, 0.717) is 13.1 Å². The topological polar surface area (TPSA) is 78.1 Å². The average molecular weight is 386 g/mol. The van der Waals surface area contributed by atoms with Crippen LogP contribution in [0.15, 0.2) is 6.07 Å². The molecule has 0 radical (unpaired) electrons. The fourth-order valence-electron chi connectivity index (χ4n) is 3.95. The Morgan fingerprint density at radius 3 is 2.44 bits per heavy atom. The van der Waals surface area contributed by atoms with E-state index in [4.69, 9.17) is 0 Å². The fraction of sp³-hybridized carbons (Fsp3) is 0.722. The molecule has 2 amide bonds. The van der Waals surface area contributed by atoms with Crippen LogP contribution in [-0.4, -0.2) is 52.7 Å². The molecule has 2 heterocycles. The molecule has 0 aromatic carbocycles. The number of nitrogens with zero attached hydrogens (tertiary/aromatic N) is 2. The maximum Gasteiger partial charge on any atom is 0.405 e. The van der Waals surface area contributed by atoms with Crippen molar-refractivity contribution < 1.29 is 22.8 Å². The number of hydrogen-bond acceptors (Lipinski definition) is 3.